The molecule has 2 N–H and O–H groups in total. The van der Waals surface area contributed by atoms with E-state index in [0.29, 0.717) is 11.3 Å². The third-order valence-electron chi connectivity index (χ3n) is 3.97. The normalized spacial score (nSPS) is 12.9. The first kappa shape index (κ1) is 20.9. The predicted octanol–water partition coefficient (Wildman–Crippen LogP) is 3.52. The number of amidine groups is 1. The molecule has 28 heavy (non-hydrogen) atoms. The topological polar surface area (TPSA) is 117 Å². The van der Waals surface area contributed by atoms with Gasteiger partial charge in [-0.05, 0) is 42.2 Å². The Labute approximate surface area is 163 Å². The first-order valence-electron chi connectivity index (χ1n) is 8.64. The molecular weight excluding hydrogens is 362 g/mol. The van der Waals surface area contributed by atoms with Crippen molar-refractivity contribution in [2.45, 2.75) is 39.2 Å². The van der Waals surface area contributed by atoms with Crippen molar-refractivity contribution in [3.63, 3.8) is 0 Å². The Morgan fingerprint density at radius 2 is 1.68 bits per heavy atom. The molecule has 2 rings (SSSR count). The average molecular weight is 385 g/mol. The molecule has 0 aliphatic rings. The fourth-order valence-electron chi connectivity index (χ4n) is 2.26. The molecule has 8 nitrogen and oxygen atoms in total. The van der Waals surface area contributed by atoms with Crippen LogP contribution in [0.25, 0.3) is 0 Å². The van der Waals surface area contributed by atoms with Crippen molar-refractivity contribution in [1.82, 2.24) is 0 Å². The van der Waals surface area contributed by atoms with Gasteiger partial charge in [0.1, 0.15) is 5.75 Å². The molecule has 8 heteroatoms. The van der Waals surface area contributed by atoms with Gasteiger partial charge in [0.2, 0.25) is 0 Å². The Morgan fingerprint density at radius 3 is 2.18 bits per heavy atom. The highest BCUT2D eigenvalue weighted by molar-refractivity contribution is 5.97. The molecule has 0 fully saturated rings. The maximum atomic E-state index is 12.1. The molecule has 0 aliphatic heterocycles. The van der Waals surface area contributed by atoms with E-state index in [9.17, 15) is 14.9 Å². The Hall–Kier alpha value is -3.42. The van der Waals surface area contributed by atoms with Gasteiger partial charge in [0.05, 0.1) is 4.92 Å². The summed E-state index contributed by atoms with van der Waals surface area (Å²) in [5.41, 5.74) is 7.23. The zero-order chi connectivity index (χ0) is 20.9. The number of nitro benzene ring substituents is 1. The van der Waals surface area contributed by atoms with Gasteiger partial charge < -0.3 is 15.3 Å². The number of oxime groups is 1. The summed E-state index contributed by atoms with van der Waals surface area (Å²) in [6.07, 6.45) is -0.895. The highest BCUT2D eigenvalue weighted by Crippen LogP contribution is 2.24. The van der Waals surface area contributed by atoms with Gasteiger partial charge in [-0.25, -0.2) is 4.79 Å². The molecule has 148 valence electrons. The van der Waals surface area contributed by atoms with E-state index in [1.54, 1.807) is 12.1 Å². The van der Waals surface area contributed by atoms with Crippen molar-refractivity contribution in [3.8, 4) is 5.75 Å². The molecule has 0 saturated heterocycles. The fraction of sp³-hybridized carbons (Fsp3) is 0.300. The van der Waals surface area contributed by atoms with Crippen molar-refractivity contribution >= 4 is 17.5 Å². The number of nitrogens with two attached hydrogens (primary N) is 1. The lowest BCUT2D eigenvalue weighted by Gasteiger charge is -2.19. The van der Waals surface area contributed by atoms with Crippen LogP contribution in [0.5, 0.6) is 5.75 Å². The van der Waals surface area contributed by atoms with E-state index in [1.807, 2.05) is 12.1 Å². The Balaban J connectivity index is 1.96. The smallest absolute Gasteiger partial charge is 0.374 e. The van der Waals surface area contributed by atoms with E-state index >= 15 is 0 Å². The van der Waals surface area contributed by atoms with Gasteiger partial charge in [-0.15, -0.1) is 0 Å². The van der Waals surface area contributed by atoms with Crippen LogP contribution in [-0.2, 0) is 15.0 Å². The highest BCUT2D eigenvalue weighted by atomic mass is 16.7. The van der Waals surface area contributed by atoms with Crippen LogP contribution in [0.3, 0.4) is 0 Å². The highest BCUT2D eigenvalue weighted by Gasteiger charge is 2.18. The van der Waals surface area contributed by atoms with Gasteiger partial charge in [0, 0.05) is 17.7 Å². The molecule has 1 unspecified atom stereocenters. The third-order valence-corrected chi connectivity index (χ3v) is 3.97. The summed E-state index contributed by atoms with van der Waals surface area (Å²) in [5, 5.41) is 14.2. The summed E-state index contributed by atoms with van der Waals surface area (Å²) in [6, 6.07) is 12.9. The SMILES string of the molecule is CC(Oc1ccc(C(C)(C)C)cc1)C(=O)O/N=C(/N)c1ccc([N+](=O)[O-])cc1. The molecule has 0 heterocycles. The fourth-order valence-corrected chi connectivity index (χ4v) is 2.26. The quantitative estimate of drug-likeness (QED) is 0.267. The van der Waals surface area contributed by atoms with Crippen molar-refractivity contribution in [3.05, 3.63) is 69.8 Å². The molecule has 0 saturated carbocycles. The van der Waals surface area contributed by atoms with Gasteiger partial charge in [-0.3, -0.25) is 10.1 Å². The van der Waals surface area contributed by atoms with Crippen LogP contribution >= 0.6 is 0 Å². The second-order valence-corrected chi connectivity index (χ2v) is 7.23. The molecule has 2 aromatic rings. The van der Waals surface area contributed by atoms with Crippen LogP contribution in [0.2, 0.25) is 0 Å². The van der Waals surface area contributed by atoms with Crippen molar-refractivity contribution in [2.24, 2.45) is 10.9 Å². The van der Waals surface area contributed by atoms with Crippen LogP contribution < -0.4 is 10.5 Å². The number of hydrogen-bond acceptors (Lipinski definition) is 6. The first-order valence-corrected chi connectivity index (χ1v) is 8.64. The molecular formula is C20H23N3O5. The lowest BCUT2D eigenvalue weighted by molar-refractivity contribution is -0.384. The average Bonchev–Trinajstić information content (AvgIpc) is 2.65. The Kier molecular flexibility index (Phi) is 6.35. The number of carbonyl (C=O) groups excluding carboxylic acids is 1. The monoisotopic (exact) mass is 385 g/mol. The van der Waals surface area contributed by atoms with E-state index in [2.05, 4.69) is 25.9 Å². The maximum absolute atomic E-state index is 12.1. The minimum Gasteiger partial charge on any atom is -0.479 e. The van der Waals surface area contributed by atoms with E-state index in [0.717, 1.165) is 5.56 Å². The summed E-state index contributed by atoms with van der Waals surface area (Å²) in [4.78, 5) is 27.0. The maximum Gasteiger partial charge on any atom is 0.374 e. The number of carbonyl (C=O) groups is 1. The Bertz CT molecular complexity index is 868. The number of benzene rings is 2. The lowest BCUT2D eigenvalue weighted by atomic mass is 9.87. The number of non-ortho nitro benzene ring substituents is 1. The Morgan fingerprint density at radius 1 is 1.11 bits per heavy atom. The van der Waals surface area contributed by atoms with Crippen LogP contribution in [-0.4, -0.2) is 22.8 Å². The second kappa shape index (κ2) is 8.51. The minimum absolute atomic E-state index is 0.0210. The van der Waals surface area contributed by atoms with E-state index in [1.165, 1.54) is 31.2 Å². The second-order valence-electron chi connectivity index (χ2n) is 7.23. The summed E-state index contributed by atoms with van der Waals surface area (Å²) in [6.45, 7) is 7.86. The zero-order valence-corrected chi connectivity index (χ0v) is 16.2. The number of nitrogens with zero attached hydrogens (tertiary/aromatic N) is 2. The summed E-state index contributed by atoms with van der Waals surface area (Å²) in [7, 11) is 0. The molecule has 0 aromatic heterocycles. The number of ether oxygens (including phenoxy) is 1. The van der Waals surface area contributed by atoms with E-state index < -0.39 is 17.0 Å². The number of nitro groups is 1. The van der Waals surface area contributed by atoms with E-state index in [4.69, 9.17) is 15.3 Å². The van der Waals surface area contributed by atoms with Gasteiger partial charge in [-0.2, -0.15) is 0 Å². The van der Waals surface area contributed by atoms with Crippen LogP contribution in [0.1, 0.15) is 38.8 Å². The third kappa shape index (κ3) is 5.54. The molecule has 0 bridgehead atoms. The zero-order valence-electron chi connectivity index (χ0n) is 16.2. The van der Waals surface area contributed by atoms with Crippen molar-refractivity contribution in [1.29, 1.82) is 0 Å². The standard InChI is InChI=1S/C20H23N3O5/c1-13(27-17-11-7-15(8-12-17)20(2,3)4)19(24)28-22-18(21)14-5-9-16(10-6-14)23(25)26/h5-13H,1-4H3,(H2,21,22). The van der Waals surface area contributed by atoms with E-state index in [-0.39, 0.29) is 16.9 Å². The van der Waals surface area contributed by atoms with Gasteiger partial charge in [0.15, 0.2) is 11.9 Å². The van der Waals surface area contributed by atoms with Crippen LogP contribution in [0.4, 0.5) is 5.69 Å². The van der Waals surface area contributed by atoms with Gasteiger partial charge >= 0.3 is 5.97 Å². The summed E-state index contributed by atoms with van der Waals surface area (Å²) >= 11 is 0. The summed E-state index contributed by atoms with van der Waals surface area (Å²) in [5.74, 6) is -0.264. The predicted molar refractivity (Wildman–Crippen MR) is 105 cm³/mol. The first-order chi connectivity index (χ1) is 13.1. The van der Waals surface area contributed by atoms with Crippen molar-refractivity contribution in [2.75, 3.05) is 0 Å². The number of hydrogen-bond donors (Lipinski definition) is 1. The van der Waals surface area contributed by atoms with Crippen LogP contribution in [0, 0.1) is 10.1 Å². The largest absolute Gasteiger partial charge is 0.479 e. The molecule has 0 amide bonds. The molecule has 0 spiro atoms. The molecule has 0 aliphatic carbocycles. The lowest BCUT2D eigenvalue weighted by Crippen LogP contribution is -2.26. The minimum atomic E-state index is -0.895. The molecule has 1 atom stereocenters. The van der Waals surface area contributed by atoms with Gasteiger partial charge in [-0.1, -0.05) is 38.1 Å². The number of rotatable bonds is 6. The van der Waals surface area contributed by atoms with Crippen molar-refractivity contribution < 1.29 is 19.3 Å². The van der Waals surface area contributed by atoms with Crippen LogP contribution in [0.15, 0.2) is 53.7 Å². The summed E-state index contributed by atoms with van der Waals surface area (Å²) < 4.78 is 5.56. The van der Waals surface area contributed by atoms with Gasteiger partial charge in [0.25, 0.3) is 5.69 Å². The molecule has 2 aromatic carbocycles. The molecule has 0 radical (unpaired) electrons.